The van der Waals surface area contributed by atoms with Crippen LogP contribution in [0, 0.1) is 12.3 Å². The Morgan fingerprint density at radius 3 is 2.58 bits per heavy atom. The second-order valence-corrected chi connectivity index (χ2v) is 3.75. The van der Waals surface area contributed by atoms with Crippen LogP contribution in [0.3, 0.4) is 0 Å². The third kappa shape index (κ3) is 5.10. The molecule has 0 aromatic heterocycles. The lowest BCUT2D eigenvalue weighted by Gasteiger charge is -2.08. The molecule has 100 valence electrons. The van der Waals surface area contributed by atoms with Crippen LogP contribution >= 0.6 is 0 Å². The number of ether oxygens (including phenoxy) is 1. The Hall–Kier alpha value is -2.52. The summed E-state index contributed by atoms with van der Waals surface area (Å²) in [5.74, 6) is 1.12. The van der Waals surface area contributed by atoms with Gasteiger partial charge in [0.15, 0.2) is 6.61 Å². The highest BCUT2D eigenvalue weighted by molar-refractivity contribution is 5.84. The average molecular weight is 262 g/mol. The Labute approximate surface area is 110 Å². The third-order valence-electron chi connectivity index (χ3n) is 2.26. The van der Waals surface area contributed by atoms with E-state index in [2.05, 4.69) is 16.0 Å². The summed E-state index contributed by atoms with van der Waals surface area (Å²) in [7, 11) is 0. The second kappa shape index (κ2) is 7.03. The summed E-state index contributed by atoms with van der Waals surface area (Å²) in [6.07, 6.45) is 4.52. The van der Waals surface area contributed by atoms with Gasteiger partial charge in [-0.1, -0.05) is 18.1 Å². The number of carbonyl (C=O) groups excluding carboxylic acids is 1. The first-order chi connectivity index (χ1) is 9.02. The highest BCUT2D eigenvalue weighted by Gasteiger charge is 2.12. The zero-order valence-electron chi connectivity index (χ0n) is 10.1. The van der Waals surface area contributed by atoms with Crippen molar-refractivity contribution in [1.29, 1.82) is 0 Å². The van der Waals surface area contributed by atoms with Crippen molar-refractivity contribution in [3.05, 3.63) is 29.8 Å². The first-order valence-corrected chi connectivity index (χ1v) is 5.47. The summed E-state index contributed by atoms with van der Waals surface area (Å²) in [6, 6.07) is 5.67. The van der Waals surface area contributed by atoms with Crippen LogP contribution in [0.4, 0.5) is 10.5 Å². The Morgan fingerprint density at radius 2 is 2.05 bits per heavy atom. The van der Waals surface area contributed by atoms with Gasteiger partial charge >= 0.3 is 12.1 Å². The van der Waals surface area contributed by atoms with Gasteiger partial charge in [0.2, 0.25) is 0 Å². The Bertz CT molecular complexity index is 490. The van der Waals surface area contributed by atoms with Crippen LogP contribution in [0.5, 0.6) is 0 Å². The van der Waals surface area contributed by atoms with Gasteiger partial charge in [0, 0.05) is 5.69 Å². The van der Waals surface area contributed by atoms with Crippen molar-refractivity contribution < 1.29 is 19.4 Å². The lowest BCUT2D eigenvalue weighted by molar-refractivity contribution is -0.138. The van der Waals surface area contributed by atoms with Crippen molar-refractivity contribution in [3.8, 4) is 12.3 Å². The van der Waals surface area contributed by atoms with E-state index >= 15 is 0 Å². The van der Waals surface area contributed by atoms with Crippen LogP contribution in [0.2, 0.25) is 0 Å². The Balaban J connectivity index is 2.54. The van der Waals surface area contributed by atoms with Gasteiger partial charge in [0.25, 0.3) is 0 Å². The van der Waals surface area contributed by atoms with Gasteiger partial charge in [-0.05, 0) is 24.1 Å². The zero-order chi connectivity index (χ0) is 14.3. The predicted octanol–water partition coefficient (Wildman–Crippen LogP) is 0.823. The maximum absolute atomic E-state index is 11.2. The molecule has 4 N–H and O–H groups in total. The molecular formula is C13H14N2O4. The van der Waals surface area contributed by atoms with E-state index in [1.807, 2.05) is 0 Å². The second-order valence-electron chi connectivity index (χ2n) is 3.75. The molecule has 0 unspecified atom stereocenters. The highest BCUT2D eigenvalue weighted by Crippen LogP contribution is 2.11. The fourth-order valence-electron chi connectivity index (χ4n) is 1.33. The van der Waals surface area contributed by atoms with Crippen molar-refractivity contribution in [2.75, 3.05) is 11.9 Å². The summed E-state index contributed by atoms with van der Waals surface area (Å²) in [5, 5.41) is 11.2. The number of aliphatic carboxylic acids is 1. The maximum atomic E-state index is 11.2. The smallest absolute Gasteiger partial charge is 0.412 e. The molecule has 0 saturated heterocycles. The summed E-state index contributed by atoms with van der Waals surface area (Å²) in [6.45, 7) is -0.0998. The number of amides is 1. The number of anilines is 1. The lowest BCUT2D eigenvalue weighted by atomic mass is 10.1. The molecule has 0 spiro atoms. The molecule has 6 heteroatoms. The van der Waals surface area contributed by atoms with Crippen molar-refractivity contribution >= 4 is 17.7 Å². The number of rotatable bonds is 5. The Kier molecular flexibility index (Phi) is 5.38. The first-order valence-electron chi connectivity index (χ1n) is 5.47. The van der Waals surface area contributed by atoms with E-state index in [0.717, 1.165) is 5.56 Å². The van der Waals surface area contributed by atoms with Crippen LogP contribution in [0.1, 0.15) is 5.56 Å². The molecule has 6 nitrogen and oxygen atoms in total. The summed E-state index contributed by atoms with van der Waals surface area (Å²) < 4.78 is 4.64. The zero-order valence-corrected chi connectivity index (χ0v) is 10.1. The number of carbonyl (C=O) groups is 2. The van der Waals surface area contributed by atoms with Gasteiger partial charge in [-0.15, -0.1) is 6.42 Å². The van der Waals surface area contributed by atoms with Crippen molar-refractivity contribution in [1.82, 2.24) is 0 Å². The average Bonchev–Trinajstić information content (AvgIpc) is 2.38. The van der Waals surface area contributed by atoms with Gasteiger partial charge in [-0.25, -0.2) is 4.79 Å². The number of hydrogen-bond acceptors (Lipinski definition) is 4. The molecule has 19 heavy (non-hydrogen) atoms. The number of nitrogens with two attached hydrogens (primary N) is 1. The quantitative estimate of drug-likeness (QED) is 0.682. The number of benzene rings is 1. The molecule has 1 aromatic carbocycles. The van der Waals surface area contributed by atoms with Crippen LogP contribution in [-0.2, 0) is 16.0 Å². The van der Waals surface area contributed by atoms with Crippen molar-refractivity contribution in [2.24, 2.45) is 5.73 Å². The molecule has 1 rings (SSSR count). The van der Waals surface area contributed by atoms with Gasteiger partial charge in [-0.3, -0.25) is 10.1 Å². The molecule has 0 aliphatic heterocycles. The minimum Gasteiger partial charge on any atom is -0.480 e. The van der Waals surface area contributed by atoms with Crippen molar-refractivity contribution in [3.63, 3.8) is 0 Å². The van der Waals surface area contributed by atoms with Gasteiger partial charge < -0.3 is 15.6 Å². The number of carboxylic acid groups (broad SMARTS) is 1. The Morgan fingerprint density at radius 1 is 1.42 bits per heavy atom. The monoisotopic (exact) mass is 262 g/mol. The van der Waals surface area contributed by atoms with Crippen LogP contribution in [0.25, 0.3) is 0 Å². The molecule has 0 bridgehead atoms. The summed E-state index contributed by atoms with van der Waals surface area (Å²) in [4.78, 5) is 21.8. The van der Waals surface area contributed by atoms with E-state index in [0.29, 0.717) is 5.69 Å². The molecule has 0 heterocycles. The van der Waals surface area contributed by atoms with Gasteiger partial charge in [0.05, 0.1) is 0 Å². The minimum absolute atomic E-state index is 0.0998. The molecule has 1 amide bonds. The molecule has 1 aromatic rings. The highest BCUT2D eigenvalue weighted by atomic mass is 16.5. The fraction of sp³-hybridized carbons (Fsp3) is 0.231. The van der Waals surface area contributed by atoms with E-state index in [9.17, 15) is 9.59 Å². The number of terminal acetylenes is 1. The SMILES string of the molecule is C#CCOC(=O)Nc1ccc(C[C@H](N)C(=O)O)cc1. The molecule has 0 aliphatic carbocycles. The van der Waals surface area contributed by atoms with E-state index in [1.165, 1.54) is 0 Å². The number of carboxylic acids is 1. The molecular weight excluding hydrogens is 248 g/mol. The summed E-state index contributed by atoms with van der Waals surface area (Å²) >= 11 is 0. The van der Waals surface area contributed by atoms with Gasteiger partial charge in [0.1, 0.15) is 6.04 Å². The standard InChI is InChI=1S/C13H14N2O4/c1-2-7-19-13(18)15-10-5-3-9(4-6-10)8-11(14)12(16)17/h1,3-6,11H,7-8,14H2,(H,15,18)(H,16,17)/t11-/m0/s1. The van der Waals surface area contributed by atoms with E-state index < -0.39 is 18.1 Å². The third-order valence-corrected chi connectivity index (χ3v) is 2.26. The largest absolute Gasteiger partial charge is 0.480 e. The molecule has 1 atom stereocenters. The number of nitrogens with one attached hydrogen (secondary N) is 1. The van der Waals surface area contributed by atoms with E-state index in [4.69, 9.17) is 17.3 Å². The topological polar surface area (TPSA) is 102 Å². The first kappa shape index (κ1) is 14.5. The maximum Gasteiger partial charge on any atom is 0.412 e. The van der Waals surface area contributed by atoms with Crippen LogP contribution in [0.15, 0.2) is 24.3 Å². The van der Waals surface area contributed by atoms with E-state index in [-0.39, 0.29) is 13.0 Å². The summed E-state index contributed by atoms with van der Waals surface area (Å²) in [5.41, 5.74) is 6.70. The molecule has 0 saturated carbocycles. The normalized spacial score (nSPS) is 11.2. The van der Waals surface area contributed by atoms with Crippen molar-refractivity contribution in [2.45, 2.75) is 12.5 Å². The predicted molar refractivity (Wildman–Crippen MR) is 69.6 cm³/mol. The molecule has 0 fully saturated rings. The lowest BCUT2D eigenvalue weighted by Crippen LogP contribution is -2.32. The molecule has 0 aliphatic rings. The van der Waals surface area contributed by atoms with E-state index in [1.54, 1.807) is 24.3 Å². The van der Waals surface area contributed by atoms with Gasteiger partial charge in [-0.2, -0.15) is 0 Å². The van der Waals surface area contributed by atoms with Crippen LogP contribution < -0.4 is 11.1 Å². The minimum atomic E-state index is -1.06. The van der Waals surface area contributed by atoms with Crippen LogP contribution in [-0.4, -0.2) is 29.8 Å². The molecule has 0 radical (unpaired) electrons. The fourth-order valence-corrected chi connectivity index (χ4v) is 1.33. The number of hydrogen-bond donors (Lipinski definition) is 3.